The lowest BCUT2D eigenvalue weighted by atomic mass is 9.77. The lowest BCUT2D eigenvalue weighted by molar-refractivity contribution is 0.0192. The zero-order valence-electron chi connectivity index (χ0n) is 13.6. The lowest BCUT2D eigenvalue weighted by Gasteiger charge is -2.49. The SMILES string of the molecule is CCCC1CC(NC2CCCC2)CN(C2CCC2C)C1. The maximum Gasteiger partial charge on any atom is 0.0200 e. The standard InChI is InChI=1S/C18H34N2/c1-3-6-15-11-17(19-16-7-4-5-8-16)13-20(12-15)18-10-9-14(18)2/h14-19H,3-13H2,1-2H3. The first-order chi connectivity index (χ1) is 9.76. The number of likely N-dealkylation sites (tertiary alicyclic amines) is 1. The molecule has 4 unspecified atom stereocenters. The van der Waals surface area contributed by atoms with Crippen LogP contribution in [0.2, 0.25) is 0 Å². The lowest BCUT2D eigenvalue weighted by Crippen LogP contribution is -2.57. The number of nitrogens with one attached hydrogen (secondary N) is 1. The number of rotatable bonds is 5. The highest BCUT2D eigenvalue weighted by Gasteiger charge is 2.37. The number of nitrogens with zero attached hydrogens (tertiary/aromatic N) is 1. The number of hydrogen-bond donors (Lipinski definition) is 1. The summed E-state index contributed by atoms with van der Waals surface area (Å²) in [6.45, 7) is 7.51. The fourth-order valence-corrected chi connectivity index (χ4v) is 4.87. The van der Waals surface area contributed by atoms with Crippen LogP contribution in [-0.4, -0.2) is 36.1 Å². The van der Waals surface area contributed by atoms with Crippen molar-refractivity contribution < 1.29 is 0 Å². The highest BCUT2D eigenvalue weighted by atomic mass is 15.2. The molecule has 0 aromatic heterocycles. The Morgan fingerprint density at radius 2 is 1.80 bits per heavy atom. The molecule has 0 radical (unpaired) electrons. The van der Waals surface area contributed by atoms with E-state index >= 15 is 0 Å². The summed E-state index contributed by atoms with van der Waals surface area (Å²) in [5, 5.41) is 4.01. The molecule has 0 spiro atoms. The second kappa shape index (κ2) is 6.79. The Balaban J connectivity index is 1.57. The van der Waals surface area contributed by atoms with Crippen LogP contribution in [0.3, 0.4) is 0 Å². The molecule has 20 heavy (non-hydrogen) atoms. The fraction of sp³-hybridized carbons (Fsp3) is 1.00. The summed E-state index contributed by atoms with van der Waals surface area (Å²) in [5.41, 5.74) is 0. The number of hydrogen-bond acceptors (Lipinski definition) is 2. The molecule has 2 heteroatoms. The van der Waals surface area contributed by atoms with Crippen LogP contribution in [0.4, 0.5) is 0 Å². The van der Waals surface area contributed by atoms with Crippen molar-refractivity contribution in [3.63, 3.8) is 0 Å². The van der Waals surface area contributed by atoms with E-state index in [9.17, 15) is 0 Å². The largest absolute Gasteiger partial charge is 0.310 e. The maximum atomic E-state index is 4.01. The van der Waals surface area contributed by atoms with E-state index in [1.54, 1.807) is 0 Å². The summed E-state index contributed by atoms with van der Waals surface area (Å²) in [4.78, 5) is 2.85. The zero-order valence-corrected chi connectivity index (χ0v) is 13.6. The molecular weight excluding hydrogens is 244 g/mol. The number of piperidine rings is 1. The molecule has 1 N–H and O–H groups in total. The van der Waals surface area contributed by atoms with Crippen LogP contribution in [0.1, 0.15) is 71.6 Å². The van der Waals surface area contributed by atoms with E-state index < -0.39 is 0 Å². The summed E-state index contributed by atoms with van der Waals surface area (Å²) < 4.78 is 0. The molecule has 0 aromatic rings. The van der Waals surface area contributed by atoms with Gasteiger partial charge >= 0.3 is 0 Å². The Hall–Kier alpha value is -0.0800. The third-order valence-corrected chi connectivity index (χ3v) is 6.13. The van der Waals surface area contributed by atoms with Crippen LogP contribution in [-0.2, 0) is 0 Å². The van der Waals surface area contributed by atoms with E-state index in [2.05, 4.69) is 24.1 Å². The van der Waals surface area contributed by atoms with Crippen molar-refractivity contribution in [3.8, 4) is 0 Å². The summed E-state index contributed by atoms with van der Waals surface area (Å²) >= 11 is 0. The normalized spacial score (nSPS) is 39.9. The summed E-state index contributed by atoms with van der Waals surface area (Å²) in [5.74, 6) is 1.89. The van der Waals surface area contributed by atoms with Crippen LogP contribution in [0.5, 0.6) is 0 Å². The van der Waals surface area contributed by atoms with Crippen LogP contribution >= 0.6 is 0 Å². The van der Waals surface area contributed by atoms with Gasteiger partial charge in [-0.2, -0.15) is 0 Å². The molecule has 3 fully saturated rings. The van der Waals surface area contributed by atoms with Crippen LogP contribution < -0.4 is 5.32 Å². The van der Waals surface area contributed by atoms with Gasteiger partial charge in [-0.15, -0.1) is 0 Å². The van der Waals surface area contributed by atoms with E-state index in [0.717, 1.165) is 30.0 Å². The Morgan fingerprint density at radius 3 is 2.40 bits per heavy atom. The van der Waals surface area contributed by atoms with Crippen LogP contribution in [0, 0.1) is 11.8 Å². The van der Waals surface area contributed by atoms with Gasteiger partial charge in [-0.05, 0) is 50.4 Å². The molecule has 3 aliphatic rings. The predicted molar refractivity (Wildman–Crippen MR) is 86.0 cm³/mol. The van der Waals surface area contributed by atoms with Crippen molar-refractivity contribution in [3.05, 3.63) is 0 Å². The van der Waals surface area contributed by atoms with E-state index in [1.165, 1.54) is 70.9 Å². The molecule has 0 aromatic carbocycles. The van der Waals surface area contributed by atoms with Gasteiger partial charge in [0.05, 0.1) is 0 Å². The quantitative estimate of drug-likeness (QED) is 0.822. The van der Waals surface area contributed by atoms with E-state index in [-0.39, 0.29) is 0 Å². The highest BCUT2D eigenvalue weighted by Crippen LogP contribution is 2.35. The van der Waals surface area contributed by atoms with Crippen molar-refractivity contribution in [2.24, 2.45) is 11.8 Å². The van der Waals surface area contributed by atoms with Crippen molar-refractivity contribution >= 4 is 0 Å². The molecule has 0 amide bonds. The Kier molecular flexibility index (Phi) is 5.04. The third-order valence-electron chi connectivity index (χ3n) is 6.13. The smallest absolute Gasteiger partial charge is 0.0200 e. The van der Waals surface area contributed by atoms with Gasteiger partial charge in [0.2, 0.25) is 0 Å². The molecule has 1 aliphatic heterocycles. The average Bonchev–Trinajstić information content (AvgIpc) is 2.90. The second-order valence-corrected chi connectivity index (χ2v) is 7.81. The van der Waals surface area contributed by atoms with E-state index in [0.29, 0.717) is 0 Å². The zero-order chi connectivity index (χ0) is 13.9. The first-order valence-electron chi connectivity index (χ1n) is 9.26. The summed E-state index contributed by atoms with van der Waals surface area (Å²) in [6, 6.07) is 2.51. The van der Waals surface area contributed by atoms with Gasteiger partial charge in [0.15, 0.2) is 0 Å². The molecule has 2 saturated carbocycles. The minimum Gasteiger partial charge on any atom is -0.310 e. The van der Waals surface area contributed by atoms with Gasteiger partial charge in [-0.3, -0.25) is 4.90 Å². The van der Waals surface area contributed by atoms with Crippen molar-refractivity contribution in [2.75, 3.05) is 13.1 Å². The molecule has 4 atom stereocenters. The topological polar surface area (TPSA) is 15.3 Å². The maximum absolute atomic E-state index is 4.01. The molecule has 1 heterocycles. The molecular formula is C18H34N2. The second-order valence-electron chi connectivity index (χ2n) is 7.81. The van der Waals surface area contributed by atoms with Crippen molar-refractivity contribution in [2.45, 2.75) is 89.8 Å². The molecule has 0 bridgehead atoms. The van der Waals surface area contributed by atoms with E-state index in [1.807, 2.05) is 0 Å². The minimum absolute atomic E-state index is 0.774. The highest BCUT2D eigenvalue weighted by molar-refractivity contribution is 4.94. The molecule has 2 aliphatic carbocycles. The molecule has 3 rings (SSSR count). The first-order valence-corrected chi connectivity index (χ1v) is 9.26. The van der Waals surface area contributed by atoms with Crippen LogP contribution in [0.15, 0.2) is 0 Å². The monoisotopic (exact) mass is 278 g/mol. The molecule has 2 nitrogen and oxygen atoms in total. The summed E-state index contributed by atoms with van der Waals surface area (Å²) in [6.07, 6.45) is 12.9. The molecule has 1 saturated heterocycles. The van der Waals surface area contributed by atoms with Gasteiger partial charge < -0.3 is 5.32 Å². The minimum atomic E-state index is 0.774. The van der Waals surface area contributed by atoms with Gasteiger partial charge in [0, 0.05) is 31.2 Å². The predicted octanol–water partition coefficient (Wildman–Crippen LogP) is 3.81. The Labute approximate surface area is 125 Å². The van der Waals surface area contributed by atoms with Crippen LogP contribution in [0.25, 0.3) is 0 Å². The van der Waals surface area contributed by atoms with Gasteiger partial charge in [-0.25, -0.2) is 0 Å². The Bertz CT molecular complexity index is 298. The van der Waals surface area contributed by atoms with Gasteiger partial charge in [0.1, 0.15) is 0 Å². The van der Waals surface area contributed by atoms with Crippen molar-refractivity contribution in [1.82, 2.24) is 10.2 Å². The Morgan fingerprint density at radius 1 is 1.00 bits per heavy atom. The van der Waals surface area contributed by atoms with E-state index in [4.69, 9.17) is 0 Å². The third kappa shape index (κ3) is 3.39. The summed E-state index contributed by atoms with van der Waals surface area (Å²) in [7, 11) is 0. The van der Waals surface area contributed by atoms with Gasteiger partial charge in [-0.1, -0.05) is 33.1 Å². The van der Waals surface area contributed by atoms with Gasteiger partial charge in [0.25, 0.3) is 0 Å². The average molecular weight is 278 g/mol. The van der Waals surface area contributed by atoms with Crippen molar-refractivity contribution in [1.29, 1.82) is 0 Å². The first kappa shape index (κ1) is 14.8. The fourth-order valence-electron chi connectivity index (χ4n) is 4.87. The molecule has 116 valence electrons.